The van der Waals surface area contributed by atoms with Crippen LogP contribution in [0.4, 0.5) is 0 Å². The Kier molecular flexibility index (Phi) is 3.12. The zero-order valence-corrected chi connectivity index (χ0v) is 8.54. The molecule has 0 spiro atoms. The molecule has 1 atom stereocenters. The van der Waals surface area contributed by atoms with Crippen molar-refractivity contribution in [1.82, 2.24) is 0 Å². The molecule has 0 aliphatic carbocycles. The minimum Gasteiger partial charge on any atom is -0.459 e. The second-order valence-electron chi connectivity index (χ2n) is 3.52. The molecule has 1 unspecified atom stereocenters. The summed E-state index contributed by atoms with van der Waals surface area (Å²) in [4.78, 5) is 11.4. The number of allylic oxidation sites excluding steroid dienone is 1. The third-order valence-electron chi connectivity index (χ3n) is 2.05. The lowest BCUT2D eigenvalue weighted by Gasteiger charge is -2.21. The predicted molar refractivity (Wildman–Crippen MR) is 55.3 cm³/mol. The first-order valence-corrected chi connectivity index (χ1v) is 4.54. The molecule has 0 fully saturated rings. The van der Waals surface area contributed by atoms with Gasteiger partial charge in [0.15, 0.2) is 0 Å². The minimum absolute atomic E-state index is 0.0271. The Morgan fingerprint density at radius 2 is 2.36 bits per heavy atom. The van der Waals surface area contributed by atoms with Gasteiger partial charge in [0.1, 0.15) is 6.10 Å². The Labute approximate surface area is 83.9 Å². The van der Waals surface area contributed by atoms with Crippen LogP contribution in [-0.4, -0.2) is 12.1 Å². The van der Waals surface area contributed by atoms with Gasteiger partial charge in [0.25, 0.3) is 0 Å². The largest absolute Gasteiger partial charge is 0.459 e. The third kappa shape index (κ3) is 2.49. The molecule has 0 saturated carbocycles. The highest BCUT2D eigenvalue weighted by molar-refractivity contribution is 5.93. The summed E-state index contributed by atoms with van der Waals surface area (Å²) in [6.45, 7) is 7.33. The van der Waals surface area contributed by atoms with Crippen molar-refractivity contribution in [3.63, 3.8) is 0 Å². The van der Waals surface area contributed by atoms with Crippen molar-refractivity contribution in [3.8, 4) is 0 Å². The van der Waals surface area contributed by atoms with Crippen LogP contribution in [0.3, 0.4) is 0 Å². The monoisotopic (exact) mass is 193 g/mol. The van der Waals surface area contributed by atoms with Gasteiger partial charge in [-0.05, 0) is 26.0 Å². The molecule has 2 N–H and O–H groups in total. The average molecular weight is 193 g/mol. The van der Waals surface area contributed by atoms with Gasteiger partial charge >= 0.3 is 5.97 Å². The van der Waals surface area contributed by atoms with E-state index >= 15 is 0 Å². The zero-order valence-electron chi connectivity index (χ0n) is 8.54. The number of cyclic esters (lactones) is 1. The fourth-order valence-corrected chi connectivity index (χ4v) is 1.40. The number of nitrogens with two attached hydrogens (primary N) is 1. The summed E-state index contributed by atoms with van der Waals surface area (Å²) >= 11 is 0. The van der Waals surface area contributed by atoms with Gasteiger partial charge in [-0.1, -0.05) is 12.2 Å². The van der Waals surface area contributed by atoms with E-state index in [0.29, 0.717) is 11.3 Å². The van der Waals surface area contributed by atoms with Crippen molar-refractivity contribution < 1.29 is 9.53 Å². The number of carbonyl (C=O) groups excluding carboxylic acids is 1. The standard InChI is InChI=1S/C11H15NO2/c1-7-6-9(3)14-11(13)10(7)5-4-8(2)12/h4-5,9H,2,6,12H2,1,3H3/b5-4-. The van der Waals surface area contributed by atoms with E-state index in [1.54, 1.807) is 12.2 Å². The van der Waals surface area contributed by atoms with Gasteiger partial charge in [0.05, 0.1) is 5.57 Å². The molecule has 3 heteroatoms. The highest BCUT2D eigenvalue weighted by Gasteiger charge is 2.21. The molecule has 1 aliphatic heterocycles. The zero-order chi connectivity index (χ0) is 10.7. The summed E-state index contributed by atoms with van der Waals surface area (Å²) in [5.74, 6) is -0.279. The fraction of sp³-hybridized carbons (Fsp3) is 0.364. The summed E-state index contributed by atoms with van der Waals surface area (Å²) in [6, 6.07) is 0. The molecule has 0 aromatic heterocycles. The number of hydrogen-bond acceptors (Lipinski definition) is 3. The number of carbonyl (C=O) groups is 1. The lowest BCUT2D eigenvalue weighted by Crippen LogP contribution is -2.22. The Morgan fingerprint density at radius 3 is 2.86 bits per heavy atom. The van der Waals surface area contributed by atoms with Gasteiger partial charge < -0.3 is 10.5 Å². The molecule has 0 aromatic rings. The van der Waals surface area contributed by atoms with E-state index in [1.165, 1.54) is 0 Å². The van der Waals surface area contributed by atoms with Crippen molar-refractivity contribution in [3.05, 3.63) is 35.6 Å². The molecule has 76 valence electrons. The van der Waals surface area contributed by atoms with Gasteiger partial charge in [-0.2, -0.15) is 0 Å². The van der Waals surface area contributed by atoms with E-state index in [4.69, 9.17) is 10.5 Å². The third-order valence-corrected chi connectivity index (χ3v) is 2.05. The molecule has 0 saturated heterocycles. The highest BCUT2D eigenvalue weighted by Crippen LogP contribution is 2.21. The first kappa shape index (κ1) is 10.6. The molecule has 0 aromatic carbocycles. The highest BCUT2D eigenvalue weighted by atomic mass is 16.5. The lowest BCUT2D eigenvalue weighted by molar-refractivity contribution is -0.144. The second kappa shape index (κ2) is 4.13. The van der Waals surface area contributed by atoms with E-state index < -0.39 is 0 Å². The van der Waals surface area contributed by atoms with E-state index in [0.717, 1.165) is 12.0 Å². The van der Waals surface area contributed by atoms with Crippen molar-refractivity contribution in [2.24, 2.45) is 5.73 Å². The summed E-state index contributed by atoms with van der Waals surface area (Å²) in [7, 11) is 0. The Balaban J connectivity index is 2.90. The van der Waals surface area contributed by atoms with Crippen LogP contribution in [0.15, 0.2) is 35.6 Å². The Morgan fingerprint density at radius 1 is 1.71 bits per heavy atom. The average Bonchev–Trinajstić information content (AvgIpc) is 2.01. The van der Waals surface area contributed by atoms with Crippen molar-refractivity contribution in [2.75, 3.05) is 0 Å². The first-order chi connectivity index (χ1) is 6.50. The van der Waals surface area contributed by atoms with E-state index in [2.05, 4.69) is 6.58 Å². The maximum Gasteiger partial charge on any atom is 0.338 e. The number of hydrogen-bond donors (Lipinski definition) is 1. The molecule has 1 aliphatic rings. The molecule has 1 rings (SSSR count). The maximum absolute atomic E-state index is 11.4. The van der Waals surface area contributed by atoms with E-state index in [1.807, 2.05) is 13.8 Å². The molecule has 0 amide bonds. The van der Waals surface area contributed by atoms with Crippen molar-refractivity contribution in [1.29, 1.82) is 0 Å². The van der Waals surface area contributed by atoms with E-state index in [9.17, 15) is 4.79 Å². The van der Waals surface area contributed by atoms with Crippen LogP contribution in [-0.2, 0) is 9.53 Å². The SMILES string of the molecule is C=C(N)/C=C\C1=C(C)CC(C)OC1=O. The normalized spacial score (nSPS) is 22.7. The summed E-state index contributed by atoms with van der Waals surface area (Å²) in [5.41, 5.74) is 7.43. The molecule has 3 nitrogen and oxygen atoms in total. The topological polar surface area (TPSA) is 52.3 Å². The smallest absolute Gasteiger partial charge is 0.338 e. The molecule has 0 bridgehead atoms. The van der Waals surface area contributed by atoms with Crippen LogP contribution in [0.2, 0.25) is 0 Å². The molecule has 0 radical (unpaired) electrons. The van der Waals surface area contributed by atoms with Crippen LogP contribution in [0.5, 0.6) is 0 Å². The van der Waals surface area contributed by atoms with Crippen molar-refractivity contribution in [2.45, 2.75) is 26.4 Å². The van der Waals surface area contributed by atoms with Crippen LogP contribution in [0.25, 0.3) is 0 Å². The summed E-state index contributed by atoms with van der Waals surface area (Å²) < 4.78 is 5.08. The van der Waals surface area contributed by atoms with Gasteiger partial charge in [-0.25, -0.2) is 4.79 Å². The number of ether oxygens (including phenoxy) is 1. The first-order valence-electron chi connectivity index (χ1n) is 4.54. The molecule has 1 heterocycles. The van der Waals surface area contributed by atoms with Crippen LogP contribution in [0.1, 0.15) is 20.3 Å². The fourth-order valence-electron chi connectivity index (χ4n) is 1.40. The Hall–Kier alpha value is -1.51. The Bertz CT molecular complexity index is 326. The quantitative estimate of drug-likeness (QED) is 0.536. The summed E-state index contributed by atoms with van der Waals surface area (Å²) in [6.07, 6.45) is 4.02. The minimum atomic E-state index is -0.279. The van der Waals surface area contributed by atoms with Crippen LogP contribution in [0, 0.1) is 0 Å². The molecular weight excluding hydrogens is 178 g/mol. The van der Waals surface area contributed by atoms with Crippen molar-refractivity contribution >= 4 is 5.97 Å². The molecule has 14 heavy (non-hydrogen) atoms. The van der Waals surface area contributed by atoms with Gasteiger partial charge in [0.2, 0.25) is 0 Å². The van der Waals surface area contributed by atoms with E-state index in [-0.39, 0.29) is 12.1 Å². The van der Waals surface area contributed by atoms with Gasteiger partial charge in [0, 0.05) is 12.1 Å². The number of rotatable bonds is 2. The number of esters is 1. The second-order valence-corrected chi connectivity index (χ2v) is 3.52. The van der Waals surface area contributed by atoms with Crippen LogP contribution < -0.4 is 5.73 Å². The van der Waals surface area contributed by atoms with Gasteiger partial charge in [-0.3, -0.25) is 0 Å². The van der Waals surface area contributed by atoms with Crippen LogP contribution >= 0.6 is 0 Å². The summed E-state index contributed by atoms with van der Waals surface area (Å²) in [5, 5.41) is 0. The maximum atomic E-state index is 11.4. The predicted octanol–water partition coefficient (Wildman–Crippen LogP) is 1.67. The molecular formula is C11H15NO2. The van der Waals surface area contributed by atoms with Gasteiger partial charge in [-0.15, -0.1) is 0 Å². The lowest BCUT2D eigenvalue weighted by atomic mass is 10.0.